The van der Waals surface area contributed by atoms with Gasteiger partial charge in [-0.2, -0.15) is 0 Å². The van der Waals surface area contributed by atoms with Crippen LogP contribution in [0, 0.1) is 6.92 Å². The second kappa shape index (κ2) is 5.37. The summed E-state index contributed by atoms with van der Waals surface area (Å²) in [5, 5.41) is 4.32. The molecule has 0 amide bonds. The fraction of sp³-hybridized carbons (Fsp3) is 0.294. The van der Waals surface area contributed by atoms with Crippen LogP contribution in [0.3, 0.4) is 0 Å². The number of fused-ring (bicyclic) bond motifs is 1. The van der Waals surface area contributed by atoms with Crippen LogP contribution in [0.2, 0.25) is 5.02 Å². The predicted octanol–water partition coefficient (Wildman–Crippen LogP) is 4.41. The second-order valence-corrected chi connectivity index (χ2v) is 5.71. The van der Waals surface area contributed by atoms with Crippen molar-refractivity contribution in [3.8, 4) is 5.75 Å². The molecule has 0 saturated heterocycles. The van der Waals surface area contributed by atoms with E-state index < -0.39 is 0 Å². The maximum atomic E-state index is 5.96. The van der Waals surface area contributed by atoms with Gasteiger partial charge < -0.3 is 10.1 Å². The van der Waals surface area contributed by atoms with Gasteiger partial charge in [-0.05, 0) is 48.2 Å². The molecule has 0 radical (unpaired) electrons. The van der Waals surface area contributed by atoms with Crippen LogP contribution in [-0.2, 0) is 6.42 Å². The standard InChI is InChI=1S/C17H18ClNO/c1-11-3-8-16(20-2)17-15(11)9-13(10-19-17)12-4-6-14(18)7-5-12/h3-8,13,19H,9-10H2,1-2H3. The van der Waals surface area contributed by atoms with E-state index in [0.717, 1.165) is 29.4 Å². The van der Waals surface area contributed by atoms with E-state index in [0.29, 0.717) is 5.92 Å². The molecule has 1 aliphatic rings. The van der Waals surface area contributed by atoms with Gasteiger partial charge in [-0.25, -0.2) is 0 Å². The van der Waals surface area contributed by atoms with Crippen LogP contribution in [0.4, 0.5) is 5.69 Å². The Labute approximate surface area is 124 Å². The number of rotatable bonds is 2. The fourth-order valence-corrected chi connectivity index (χ4v) is 3.00. The molecule has 1 heterocycles. The summed E-state index contributed by atoms with van der Waals surface area (Å²) < 4.78 is 5.44. The molecule has 1 aliphatic heterocycles. The molecule has 2 nitrogen and oxygen atoms in total. The Bertz CT molecular complexity index is 622. The Hall–Kier alpha value is -1.67. The molecule has 2 aromatic carbocycles. The van der Waals surface area contributed by atoms with E-state index in [1.807, 2.05) is 18.2 Å². The van der Waals surface area contributed by atoms with Gasteiger partial charge in [-0.3, -0.25) is 0 Å². The highest BCUT2D eigenvalue weighted by Gasteiger charge is 2.23. The topological polar surface area (TPSA) is 21.3 Å². The van der Waals surface area contributed by atoms with E-state index in [2.05, 4.69) is 30.4 Å². The van der Waals surface area contributed by atoms with Crippen molar-refractivity contribution in [3.63, 3.8) is 0 Å². The molecule has 20 heavy (non-hydrogen) atoms. The zero-order valence-electron chi connectivity index (χ0n) is 11.7. The quantitative estimate of drug-likeness (QED) is 0.883. The number of nitrogens with one attached hydrogen (secondary N) is 1. The third-order valence-corrected chi connectivity index (χ3v) is 4.30. The van der Waals surface area contributed by atoms with Crippen molar-refractivity contribution in [2.24, 2.45) is 0 Å². The first-order valence-electron chi connectivity index (χ1n) is 6.85. The number of hydrogen-bond donors (Lipinski definition) is 1. The molecule has 0 spiro atoms. The van der Waals surface area contributed by atoms with Crippen molar-refractivity contribution >= 4 is 17.3 Å². The van der Waals surface area contributed by atoms with Gasteiger partial charge in [-0.1, -0.05) is 29.8 Å². The van der Waals surface area contributed by atoms with Gasteiger partial charge in [-0.15, -0.1) is 0 Å². The minimum Gasteiger partial charge on any atom is -0.495 e. The Morgan fingerprint density at radius 3 is 2.60 bits per heavy atom. The molecule has 0 fully saturated rings. The number of anilines is 1. The normalized spacial score (nSPS) is 17.2. The molecule has 1 N–H and O–H groups in total. The lowest BCUT2D eigenvalue weighted by Gasteiger charge is -2.29. The van der Waals surface area contributed by atoms with Crippen LogP contribution in [0.1, 0.15) is 22.6 Å². The molecule has 2 aromatic rings. The van der Waals surface area contributed by atoms with Crippen LogP contribution in [0.5, 0.6) is 5.75 Å². The minimum atomic E-state index is 0.477. The molecular formula is C17H18ClNO. The SMILES string of the molecule is COc1ccc(C)c2c1NCC(c1ccc(Cl)cc1)C2. The van der Waals surface area contributed by atoms with Gasteiger partial charge >= 0.3 is 0 Å². The first-order valence-corrected chi connectivity index (χ1v) is 7.22. The first-order chi connectivity index (χ1) is 9.69. The number of benzene rings is 2. The van der Waals surface area contributed by atoms with Crippen molar-refractivity contribution in [3.05, 3.63) is 58.1 Å². The van der Waals surface area contributed by atoms with Gasteiger partial charge in [0.25, 0.3) is 0 Å². The summed E-state index contributed by atoms with van der Waals surface area (Å²) in [5.74, 6) is 1.41. The van der Waals surface area contributed by atoms with Crippen LogP contribution in [0.25, 0.3) is 0 Å². The number of ether oxygens (including phenoxy) is 1. The lowest BCUT2D eigenvalue weighted by molar-refractivity contribution is 0.414. The lowest BCUT2D eigenvalue weighted by atomic mass is 9.86. The van der Waals surface area contributed by atoms with E-state index in [1.165, 1.54) is 16.7 Å². The first kappa shape index (κ1) is 13.3. The molecule has 3 rings (SSSR count). The van der Waals surface area contributed by atoms with Crippen molar-refractivity contribution < 1.29 is 4.74 Å². The summed E-state index contributed by atoms with van der Waals surface area (Å²) in [4.78, 5) is 0. The zero-order chi connectivity index (χ0) is 14.1. The molecule has 1 atom stereocenters. The van der Waals surface area contributed by atoms with Gasteiger partial charge in [0.1, 0.15) is 5.75 Å². The predicted molar refractivity (Wildman–Crippen MR) is 84.1 cm³/mol. The highest BCUT2D eigenvalue weighted by atomic mass is 35.5. The molecule has 104 valence electrons. The average molecular weight is 288 g/mol. The molecule has 0 aliphatic carbocycles. The second-order valence-electron chi connectivity index (χ2n) is 5.27. The maximum Gasteiger partial charge on any atom is 0.142 e. The molecule has 0 aromatic heterocycles. The monoisotopic (exact) mass is 287 g/mol. The summed E-state index contributed by atoms with van der Waals surface area (Å²) in [6.45, 7) is 3.08. The number of aryl methyl sites for hydroxylation is 1. The van der Waals surface area contributed by atoms with E-state index in [4.69, 9.17) is 16.3 Å². The third kappa shape index (κ3) is 2.36. The van der Waals surface area contributed by atoms with Crippen molar-refractivity contribution in [2.45, 2.75) is 19.3 Å². The molecular weight excluding hydrogens is 270 g/mol. The third-order valence-electron chi connectivity index (χ3n) is 4.05. The fourth-order valence-electron chi connectivity index (χ4n) is 2.87. The number of hydrogen-bond acceptors (Lipinski definition) is 2. The zero-order valence-corrected chi connectivity index (χ0v) is 12.5. The van der Waals surface area contributed by atoms with Crippen molar-refractivity contribution in [1.82, 2.24) is 0 Å². The molecule has 0 saturated carbocycles. The molecule has 1 unspecified atom stereocenters. The minimum absolute atomic E-state index is 0.477. The Balaban J connectivity index is 1.94. The van der Waals surface area contributed by atoms with E-state index in [-0.39, 0.29) is 0 Å². The van der Waals surface area contributed by atoms with Crippen molar-refractivity contribution in [1.29, 1.82) is 0 Å². The summed E-state index contributed by atoms with van der Waals surface area (Å²) in [7, 11) is 1.72. The van der Waals surface area contributed by atoms with Gasteiger partial charge in [0.2, 0.25) is 0 Å². The van der Waals surface area contributed by atoms with Crippen LogP contribution in [0.15, 0.2) is 36.4 Å². The van der Waals surface area contributed by atoms with E-state index in [9.17, 15) is 0 Å². The highest BCUT2D eigenvalue weighted by Crippen LogP contribution is 2.38. The van der Waals surface area contributed by atoms with Crippen LogP contribution in [-0.4, -0.2) is 13.7 Å². The number of halogens is 1. The smallest absolute Gasteiger partial charge is 0.142 e. The summed E-state index contributed by atoms with van der Waals surface area (Å²) in [6, 6.07) is 12.3. The van der Waals surface area contributed by atoms with Gasteiger partial charge in [0.15, 0.2) is 0 Å². The molecule has 3 heteroatoms. The highest BCUT2D eigenvalue weighted by molar-refractivity contribution is 6.30. The van der Waals surface area contributed by atoms with E-state index in [1.54, 1.807) is 7.11 Å². The average Bonchev–Trinajstić information content (AvgIpc) is 2.48. The van der Waals surface area contributed by atoms with E-state index >= 15 is 0 Å². The summed E-state index contributed by atoms with van der Waals surface area (Å²) in [6.07, 6.45) is 1.03. The Morgan fingerprint density at radius 2 is 1.90 bits per heavy atom. The summed E-state index contributed by atoms with van der Waals surface area (Å²) in [5.41, 5.74) is 5.15. The Kier molecular flexibility index (Phi) is 3.58. The molecule has 0 bridgehead atoms. The number of methoxy groups -OCH3 is 1. The Morgan fingerprint density at radius 1 is 1.15 bits per heavy atom. The van der Waals surface area contributed by atoms with Crippen LogP contribution >= 0.6 is 11.6 Å². The largest absolute Gasteiger partial charge is 0.495 e. The van der Waals surface area contributed by atoms with Gasteiger partial charge in [0, 0.05) is 17.5 Å². The van der Waals surface area contributed by atoms with Gasteiger partial charge in [0.05, 0.1) is 12.8 Å². The van der Waals surface area contributed by atoms with Crippen LogP contribution < -0.4 is 10.1 Å². The maximum absolute atomic E-state index is 5.96. The van der Waals surface area contributed by atoms with Crippen molar-refractivity contribution in [2.75, 3.05) is 19.0 Å². The lowest BCUT2D eigenvalue weighted by Crippen LogP contribution is -2.22. The summed E-state index contributed by atoms with van der Waals surface area (Å²) >= 11 is 5.96.